The molecule has 0 fully saturated rings. The highest BCUT2D eigenvalue weighted by molar-refractivity contribution is 5.37. The van der Waals surface area contributed by atoms with Crippen LogP contribution in [0, 0.1) is 0 Å². The summed E-state index contributed by atoms with van der Waals surface area (Å²) in [5.74, 6) is 0.852. The third kappa shape index (κ3) is 2.96. The minimum Gasteiger partial charge on any atom is -0.384 e. The van der Waals surface area contributed by atoms with E-state index in [2.05, 4.69) is 10.4 Å². The Morgan fingerprint density at radius 1 is 1.35 bits per heavy atom. The Kier molecular flexibility index (Phi) is 3.64. The van der Waals surface area contributed by atoms with Crippen LogP contribution in [0.5, 0.6) is 0 Å². The predicted octanol–water partition coefficient (Wildman–Crippen LogP) is 1.80. The van der Waals surface area contributed by atoms with E-state index >= 15 is 0 Å². The number of rotatable bonds is 0. The van der Waals surface area contributed by atoms with Crippen molar-refractivity contribution in [2.45, 2.75) is 38.2 Å². The van der Waals surface area contributed by atoms with Gasteiger partial charge in [-0.1, -0.05) is 18.9 Å². The molecule has 0 spiro atoms. The Bertz CT molecular complexity index is 379. The molecule has 0 radical (unpaired) electrons. The zero-order valence-corrected chi connectivity index (χ0v) is 10.6. The maximum Gasteiger partial charge on any atom is 0.142 e. The van der Waals surface area contributed by atoms with Crippen molar-refractivity contribution in [2.75, 3.05) is 18.6 Å². The lowest BCUT2D eigenvalue weighted by molar-refractivity contribution is 0.0407. The zero-order valence-electron chi connectivity index (χ0n) is 10.6. The minimum atomic E-state index is -0.818. The zero-order chi connectivity index (χ0) is 12.3. The molecule has 1 atom stereocenters. The first-order valence-corrected chi connectivity index (χ1v) is 6.27. The number of nitrogens with one attached hydrogen (secondary N) is 1. The van der Waals surface area contributed by atoms with E-state index in [0.29, 0.717) is 0 Å². The smallest absolute Gasteiger partial charge is 0.142 e. The lowest BCUT2D eigenvalue weighted by Crippen LogP contribution is -2.35. The van der Waals surface area contributed by atoms with Gasteiger partial charge in [-0.05, 0) is 31.9 Å². The molecule has 17 heavy (non-hydrogen) atoms. The molecule has 0 saturated carbocycles. The van der Waals surface area contributed by atoms with Gasteiger partial charge in [0, 0.05) is 13.6 Å². The monoisotopic (exact) mass is 235 g/mol. The topological polar surface area (TPSA) is 48.4 Å². The summed E-state index contributed by atoms with van der Waals surface area (Å²) in [5.41, 5.74) is 3.24. The molecule has 4 nitrogen and oxygen atoms in total. The summed E-state index contributed by atoms with van der Waals surface area (Å²) in [6.45, 7) is 2.80. The van der Waals surface area contributed by atoms with E-state index in [4.69, 9.17) is 0 Å². The molecule has 2 N–H and O–H groups in total. The van der Waals surface area contributed by atoms with Crippen LogP contribution in [0.25, 0.3) is 0 Å². The van der Waals surface area contributed by atoms with Crippen LogP contribution in [0.15, 0.2) is 18.2 Å². The first-order valence-electron chi connectivity index (χ1n) is 6.27. The number of aliphatic hydroxyl groups is 1. The number of hydrogen-bond donors (Lipinski definition) is 2. The van der Waals surface area contributed by atoms with Crippen LogP contribution in [-0.2, 0) is 5.60 Å². The van der Waals surface area contributed by atoms with Crippen LogP contribution in [0.1, 0.15) is 38.3 Å². The molecule has 4 heteroatoms. The first kappa shape index (κ1) is 12.3. The SMILES string of the molecule is CN1NCCCCCC(C)(O)c2cccc1n2. The van der Waals surface area contributed by atoms with Crippen LogP contribution < -0.4 is 10.4 Å². The average Bonchev–Trinajstić information content (AvgIpc) is 2.33. The number of nitrogens with zero attached hydrogens (tertiary/aromatic N) is 2. The summed E-state index contributed by atoms with van der Waals surface area (Å²) in [6, 6.07) is 5.79. The highest BCUT2D eigenvalue weighted by atomic mass is 16.3. The van der Waals surface area contributed by atoms with Crippen LogP contribution in [-0.4, -0.2) is 23.7 Å². The van der Waals surface area contributed by atoms with Gasteiger partial charge in [0.25, 0.3) is 0 Å². The highest BCUT2D eigenvalue weighted by Gasteiger charge is 2.25. The maximum atomic E-state index is 10.4. The summed E-state index contributed by atoms with van der Waals surface area (Å²) >= 11 is 0. The van der Waals surface area contributed by atoms with E-state index in [0.717, 1.165) is 43.7 Å². The standard InChI is InChI=1S/C13H21N3O/c1-13(17)9-4-3-5-10-14-16(2)12-8-6-7-11(13)15-12/h6-8,14,17H,3-5,9-10H2,1-2H3. The number of hydrogen-bond acceptors (Lipinski definition) is 4. The van der Waals surface area contributed by atoms with Gasteiger partial charge in [0.05, 0.1) is 5.69 Å². The van der Waals surface area contributed by atoms with Crippen molar-refractivity contribution in [1.82, 2.24) is 10.4 Å². The molecule has 1 aliphatic heterocycles. The molecule has 1 aromatic rings. The van der Waals surface area contributed by atoms with Crippen LogP contribution >= 0.6 is 0 Å². The molecular formula is C13H21N3O. The summed E-state index contributed by atoms with van der Waals surface area (Å²) in [6.07, 6.45) is 4.06. The lowest BCUT2D eigenvalue weighted by Gasteiger charge is -2.24. The maximum absolute atomic E-state index is 10.4. The molecule has 2 bridgehead atoms. The molecule has 0 saturated heterocycles. The fourth-order valence-electron chi connectivity index (χ4n) is 2.14. The van der Waals surface area contributed by atoms with E-state index in [9.17, 15) is 5.11 Å². The lowest BCUT2D eigenvalue weighted by atomic mass is 9.94. The van der Waals surface area contributed by atoms with Crippen molar-refractivity contribution in [2.24, 2.45) is 0 Å². The normalized spacial score (nSPS) is 26.4. The van der Waals surface area contributed by atoms with Gasteiger partial charge in [0.15, 0.2) is 0 Å². The van der Waals surface area contributed by atoms with Crippen LogP contribution in [0.3, 0.4) is 0 Å². The van der Waals surface area contributed by atoms with Gasteiger partial charge in [0.2, 0.25) is 0 Å². The van der Waals surface area contributed by atoms with Gasteiger partial charge in [-0.25, -0.2) is 10.4 Å². The number of pyridine rings is 1. The van der Waals surface area contributed by atoms with Gasteiger partial charge in [0.1, 0.15) is 11.4 Å². The molecular weight excluding hydrogens is 214 g/mol. The number of hydrazine groups is 1. The van der Waals surface area contributed by atoms with E-state index < -0.39 is 5.60 Å². The second kappa shape index (κ2) is 5.02. The fraction of sp³-hybridized carbons (Fsp3) is 0.615. The average molecular weight is 235 g/mol. The van der Waals surface area contributed by atoms with Gasteiger partial charge < -0.3 is 5.11 Å². The molecule has 0 amide bonds. The van der Waals surface area contributed by atoms with Crippen molar-refractivity contribution in [3.8, 4) is 0 Å². The number of anilines is 1. The third-order valence-electron chi connectivity index (χ3n) is 3.32. The van der Waals surface area contributed by atoms with Crippen molar-refractivity contribution >= 4 is 5.82 Å². The molecule has 0 aliphatic carbocycles. The Morgan fingerprint density at radius 2 is 2.18 bits per heavy atom. The molecule has 94 valence electrons. The fourth-order valence-corrected chi connectivity index (χ4v) is 2.14. The minimum absolute atomic E-state index is 0.755. The predicted molar refractivity (Wildman–Crippen MR) is 68.7 cm³/mol. The van der Waals surface area contributed by atoms with Gasteiger partial charge in [-0.15, -0.1) is 0 Å². The number of aromatic nitrogens is 1. The van der Waals surface area contributed by atoms with Crippen molar-refractivity contribution < 1.29 is 5.11 Å². The number of fused-ring (bicyclic) bond motifs is 2. The van der Waals surface area contributed by atoms with Crippen molar-refractivity contribution in [3.63, 3.8) is 0 Å². The van der Waals surface area contributed by atoms with Crippen molar-refractivity contribution in [3.05, 3.63) is 23.9 Å². The van der Waals surface area contributed by atoms with E-state index in [1.54, 1.807) is 0 Å². The third-order valence-corrected chi connectivity index (χ3v) is 3.32. The summed E-state index contributed by atoms with van der Waals surface area (Å²) in [7, 11) is 1.96. The summed E-state index contributed by atoms with van der Waals surface area (Å²) in [5, 5.41) is 12.4. The molecule has 1 aromatic heterocycles. The molecule has 0 aromatic carbocycles. The van der Waals surface area contributed by atoms with E-state index in [-0.39, 0.29) is 0 Å². The van der Waals surface area contributed by atoms with E-state index in [1.807, 2.05) is 37.2 Å². The molecule has 1 aliphatic rings. The Hall–Kier alpha value is -1.13. The molecule has 2 rings (SSSR count). The first-order chi connectivity index (χ1) is 8.09. The highest BCUT2D eigenvalue weighted by Crippen LogP contribution is 2.27. The Balaban J connectivity index is 2.31. The summed E-state index contributed by atoms with van der Waals surface area (Å²) < 4.78 is 0. The quantitative estimate of drug-likeness (QED) is 0.720. The van der Waals surface area contributed by atoms with Gasteiger partial charge in [-0.2, -0.15) is 0 Å². The van der Waals surface area contributed by atoms with Crippen LogP contribution in [0.2, 0.25) is 0 Å². The van der Waals surface area contributed by atoms with Gasteiger partial charge in [-0.3, -0.25) is 5.01 Å². The van der Waals surface area contributed by atoms with Crippen LogP contribution in [0.4, 0.5) is 5.82 Å². The second-order valence-electron chi connectivity index (χ2n) is 4.93. The van der Waals surface area contributed by atoms with E-state index in [1.165, 1.54) is 0 Å². The second-order valence-corrected chi connectivity index (χ2v) is 4.93. The van der Waals surface area contributed by atoms with Gasteiger partial charge >= 0.3 is 0 Å². The Labute approximate surface area is 103 Å². The summed E-state index contributed by atoms with van der Waals surface area (Å²) in [4.78, 5) is 4.52. The Morgan fingerprint density at radius 3 is 3.00 bits per heavy atom. The van der Waals surface area contributed by atoms with Crippen molar-refractivity contribution in [1.29, 1.82) is 0 Å². The molecule has 2 heterocycles. The largest absolute Gasteiger partial charge is 0.384 e. The molecule has 1 unspecified atom stereocenters.